The Bertz CT molecular complexity index is 428. The molecule has 1 atom stereocenters. The topological polar surface area (TPSA) is 9.23 Å². The molecule has 18 heavy (non-hydrogen) atoms. The van der Waals surface area contributed by atoms with Gasteiger partial charge in [0.05, 0.1) is 6.61 Å². The lowest BCUT2D eigenvalue weighted by atomic mass is 10.1. The molecular weight excluding hydrogens is 244 g/mol. The Hall–Kier alpha value is -1.13. The normalized spacial score (nSPS) is 11.6. The molecule has 0 aliphatic heterocycles. The zero-order valence-electron chi connectivity index (χ0n) is 11.4. The lowest BCUT2D eigenvalue weighted by molar-refractivity contribution is 0.255. The van der Waals surface area contributed by atoms with Gasteiger partial charge in [-0.1, -0.05) is 32.1 Å². The summed E-state index contributed by atoms with van der Waals surface area (Å²) in [6.07, 6.45) is 1.87. The van der Waals surface area contributed by atoms with Gasteiger partial charge in [0.2, 0.25) is 0 Å². The van der Waals surface area contributed by atoms with Crippen molar-refractivity contribution in [1.29, 1.82) is 0 Å². The highest BCUT2D eigenvalue weighted by Crippen LogP contribution is 2.19. The molecule has 0 radical (unpaired) electrons. The van der Waals surface area contributed by atoms with Gasteiger partial charge in [0.25, 0.3) is 0 Å². The van der Waals surface area contributed by atoms with E-state index in [0.29, 0.717) is 11.8 Å². The van der Waals surface area contributed by atoms with Gasteiger partial charge in [-0.25, -0.2) is 0 Å². The third-order valence-electron chi connectivity index (χ3n) is 2.85. The van der Waals surface area contributed by atoms with Crippen LogP contribution in [0.25, 0.3) is 0 Å². The highest BCUT2D eigenvalue weighted by atomic mass is 35.5. The zero-order valence-corrected chi connectivity index (χ0v) is 12.2. The van der Waals surface area contributed by atoms with Crippen molar-refractivity contribution in [2.45, 2.75) is 33.6 Å². The van der Waals surface area contributed by atoms with E-state index in [0.717, 1.165) is 36.3 Å². The lowest BCUT2D eigenvalue weighted by Crippen LogP contribution is -2.07. The van der Waals surface area contributed by atoms with Crippen molar-refractivity contribution in [3.8, 4) is 17.6 Å². The molecule has 0 heterocycles. The van der Waals surface area contributed by atoms with E-state index >= 15 is 0 Å². The summed E-state index contributed by atoms with van der Waals surface area (Å²) in [5, 5.41) is 0. The predicted molar refractivity (Wildman–Crippen MR) is 78.3 cm³/mol. The van der Waals surface area contributed by atoms with Crippen LogP contribution in [0, 0.1) is 24.7 Å². The minimum Gasteiger partial charge on any atom is -0.493 e. The summed E-state index contributed by atoms with van der Waals surface area (Å²) < 4.78 is 5.80. The van der Waals surface area contributed by atoms with Gasteiger partial charge in [-0.3, -0.25) is 0 Å². The monoisotopic (exact) mass is 264 g/mol. The van der Waals surface area contributed by atoms with Crippen LogP contribution in [0.3, 0.4) is 0 Å². The molecule has 1 aromatic rings. The molecule has 0 aliphatic rings. The number of rotatable bonds is 5. The van der Waals surface area contributed by atoms with E-state index in [1.807, 2.05) is 12.1 Å². The van der Waals surface area contributed by atoms with E-state index in [2.05, 4.69) is 38.7 Å². The minimum atomic E-state index is 0.585. The molecule has 2 heteroatoms. The standard InChI is InChI=1S/C16H21ClO/c1-4-13(2)12-18-16-9-8-15(11-14(16)3)7-5-6-10-17/h8-9,11,13H,4,6,10,12H2,1-3H3. The molecule has 0 aliphatic carbocycles. The Kier molecular flexibility index (Phi) is 6.68. The summed E-state index contributed by atoms with van der Waals surface area (Å²) in [7, 11) is 0. The average molecular weight is 265 g/mol. The first-order chi connectivity index (χ1) is 8.67. The molecule has 1 unspecified atom stereocenters. The van der Waals surface area contributed by atoms with Crippen LogP contribution < -0.4 is 4.74 Å². The van der Waals surface area contributed by atoms with Crippen molar-refractivity contribution in [2.24, 2.45) is 5.92 Å². The van der Waals surface area contributed by atoms with Crippen LogP contribution in [-0.2, 0) is 0 Å². The van der Waals surface area contributed by atoms with E-state index in [4.69, 9.17) is 16.3 Å². The second kappa shape index (κ2) is 8.06. The molecule has 1 aromatic carbocycles. The Morgan fingerprint density at radius 1 is 1.39 bits per heavy atom. The smallest absolute Gasteiger partial charge is 0.122 e. The van der Waals surface area contributed by atoms with Crippen molar-refractivity contribution >= 4 is 11.6 Å². The van der Waals surface area contributed by atoms with E-state index in [1.165, 1.54) is 0 Å². The summed E-state index contributed by atoms with van der Waals surface area (Å²) in [5.41, 5.74) is 2.16. The highest BCUT2D eigenvalue weighted by molar-refractivity contribution is 6.18. The van der Waals surface area contributed by atoms with Gasteiger partial charge in [-0.15, -0.1) is 11.6 Å². The average Bonchev–Trinajstić information content (AvgIpc) is 2.37. The number of benzene rings is 1. The maximum Gasteiger partial charge on any atom is 0.122 e. The van der Waals surface area contributed by atoms with Gasteiger partial charge in [-0.2, -0.15) is 0 Å². The maximum atomic E-state index is 5.80. The van der Waals surface area contributed by atoms with Crippen LogP contribution >= 0.6 is 11.6 Å². The van der Waals surface area contributed by atoms with Gasteiger partial charge >= 0.3 is 0 Å². The third-order valence-corrected chi connectivity index (χ3v) is 3.04. The number of hydrogen-bond donors (Lipinski definition) is 0. The van der Waals surface area contributed by atoms with Crippen LogP contribution in [0.15, 0.2) is 18.2 Å². The van der Waals surface area contributed by atoms with Crippen molar-refractivity contribution in [3.05, 3.63) is 29.3 Å². The van der Waals surface area contributed by atoms with Crippen LogP contribution in [-0.4, -0.2) is 12.5 Å². The number of halogens is 1. The number of alkyl halides is 1. The Balaban J connectivity index is 2.65. The van der Waals surface area contributed by atoms with Gasteiger partial charge < -0.3 is 4.74 Å². The molecule has 98 valence electrons. The highest BCUT2D eigenvalue weighted by Gasteiger charge is 2.03. The second-order valence-electron chi connectivity index (χ2n) is 4.55. The largest absolute Gasteiger partial charge is 0.493 e. The molecule has 0 amide bonds. The molecule has 1 nitrogen and oxygen atoms in total. The van der Waals surface area contributed by atoms with Crippen molar-refractivity contribution in [3.63, 3.8) is 0 Å². The summed E-state index contributed by atoms with van der Waals surface area (Å²) in [5.74, 6) is 8.27. The minimum absolute atomic E-state index is 0.585. The Morgan fingerprint density at radius 2 is 2.17 bits per heavy atom. The number of ether oxygens (including phenoxy) is 1. The molecule has 0 saturated carbocycles. The van der Waals surface area contributed by atoms with Crippen LogP contribution in [0.4, 0.5) is 0 Å². The van der Waals surface area contributed by atoms with Crippen molar-refractivity contribution in [2.75, 3.05) is 12.5 Å². The summed E-state index contributed by atoms with van der Waals surface area (Å²) in [4.78, 5) is 0. The van der Waals surface area contributed by atoms with Gasteiger partial charge in [-0.05, 0) is 36.6 Å². The number of hydrogen-bond acceptors (Lipinski definition) is 1. The van der Waals surface area contributed by atoms with Crippen LogP contribution in [0.2, 0.25) is 0 Å². The van der Waals surface area contributed by atoms with E-state index in [1.54, 1.807) is 0 Å². The lowest BCUT2D eigenvalue weighted by Gasteiger charge is -2.13. The van der Waals surface area contributed by atoms with Gasteiger partial charge in [0.15, 0.2) is 0 Å². The summed E-state index contributed by atoms with van der Waals surface area (Å²) >= 11 is 5.59. The first kappa shape index (κ1) is 14.9. The first-order valence-corrected chi connectivity index (χ1v) is 6.99. The first-order valence-electron chi connectivity index (χ1n) is 6.45. The van der Waals surface area contributed by atoms with Crippen LogP contribution in [0.1, 0.15) is 37.8 Å². The SMILES string of the molecule is CCC(C)COc1ccc(C#CCCCl)cc1C. The van der Waals surface area contributed by atoms with Crippen molar-refractivity contribution < 1.29 is 4.74 Å². The molecule has 0 fully saturated rings. The fraction of sp³-hybridized carbons (Fsp3) is 0.500. The molecule has 0 saturated heterocycles. The van der Waals surface area contributed by atoms with E-state index < -0.39 is 0 Å². The van der Waals surface area contributed by atoms with E-state index in [9.17, 15) is 0 Å². The van der Waals surface area contributed by atoms with Gasteiger partial charge in [0.1, 0.15) is 5.75 Å². The molecule has 0 bridgehead atoms. The Morgan fingerprint density at radius 3 is 2.78 bits per heavy atom. The Labute approximate surface area is 115 Å². The zero-order chi connectivity index (χ0) is 13.4. The summed E-state index contributed by atoms with van der Waals surface area (Å²) in [6, 6.07) is 6.07. The quantitative estimate of drug-likeness (QED) is 0.566. The van der Waals surface area contributed by atoms with Gasteiger partial charge in [0, 0.05) is 17.9 Å². The molecule has 1 rings (SSSR count). The number of aryl methyl sites for hydroxylation is 1. The van der Waals surface area contributed by atoms with Crippen molar-refractivity contribution in [1.82, 2.24) is 0 Å². The fourth-order valence-corrected chi connectivity index (χ4v) is 1.55. The molecule has 0 N–H and O–H groups in total. The summed E-state index contributed by atoms with van der Waals surface area (Å²) in [6.45, 7) is 7.20. The van der Waals surface area contributed by atoms with Crippen LogP contribution in [0.5, 0.6) is 5.75 Å². The fourth-order valence-electron chi connectivity index (χ4n) is 1.45. The van der Waals surface area contributed by atoms with E-state index in [-0.39, 0.29) is 0 Å². The second-order valence-corrected chi connectivity index (χ2v) is 4.92. The molecule has 0 aromatic heterocycles. The molecule has 0 spiro atoms. The molecular formula is C16H21ClO. The third kappa shape index (κ3) is 5.02. The predicted octanol–water partition coefficient (Wildman–Crippen LogP) is 4.40. The maximum absolute atomic E-state index is 5.80.